The topological polar surface area (TPSA) is 37.4 Å². The first-order valence-electron chi connectivity index (χ1n) is 4.51. The van der Waals surface area contributed by atoms with Gasteiger partial charge in [-0.3, -0.25) is 0 Å². The van der Waals surface area contributed by atoms with Crippen molar-refractivity contribution in [2.45, 2.75) is 27.7 Å². The fourth-order valence-electron chi connectivity index (χ4n) is 1.44. The summed E-state index contributed by atoms with van der Waals surface area (Å²) in [6.07, 6.45) is 1.27. The van der Waals surface area contributed by atoms with Crippen LogP contribution < -0.4 is 0 Å². The van der Waals surface area contributed by atoms with Crippen molar-refractivity contribution in [3.8, 4) is 0 Å². The van der Waals surface area contributed by atoms with Gasteiger partial charge in [0.25, 0.3) is 0 Å². The van der Waals surface area contributed by atoms with Crippen molar-refractivity contribution in [1.82, 2.24) is 4.31 Å². The molecule has 78 valence electrons. The highest BCUT2D eigenvalue weighted by molar-refractivity contribution is 7.88. The van der Waals surface area contributed by atoms with Gasteiger partial charge >= 0.3 is 0 Å². The number of nitrogens with zero attached hydrogens (tertiary/aromatic N) is 1. The zero-order chi connectivity index (χ0) is 10.5. The highest BCUT2D eigenvalue weighted by Crippen LogP contribution is 2.46. The van der Waals surface area contributed by atoms with Crippen molar-refractivity contribution < 1.29 is 8.42 Å². The lowest BCUT2D eigenvalue weighted by Crippen LogP contribution is -2.61. The van der Waals surface area contributed by atoms with Crippen LogP contribution in [0.4, 0.5) is 0 Å². The summed E-state index contributed by atoms with van der Waals surface area (Å²) in [4.78, 5) is 0. The van der Waals surface area contributed by atoms with Gasteiger partial charge in [0.2, 0.25) is 10.0 Å². The molecule has 0 unspecified atom stereocenters. The van der Waals surface area contributed by atoms with Gasteiger partial charge in [0, 0.05) is 13.1 Å². The van der Waals surface area contributed by atoms with E-state index in [1.54, 1.807) is 0 Å². The highest BCUT2D eigenvalue weighted by Gasteiger charge is 2.50. The largest absolute Gasteiger partial charge is 0.213 e. The standard InChI is InChI=1S/C9H19NO2S/c1-8(2,3)9(4)6-10(7-9)13(5,11)12/h6-7H2,1-5H3. The summed E-state index contributed by atoms with van der Waals surface area (Å²) >= 11 is 0. The predicted octanol–water partition coefficient (Wildman–Crippen LogP) is 1.31. The van der Waals surface area contributed by atoms with Crippen LogP contribution in [0.25, 0.3) is 0 Å². The Hall–Kier alpha value is -0.0900. The smallest absolute Gasteiger partial charge is 0.211 e. The molecule has 3 nitrogen and oxygen atoms in total. The minimum Gasteiger partial charge on any atom is -0.213 e. The third-order valence-electron chi connectivity index (χ3n) is 3.33. The van der Waals surface area contributed by atoms with E-state index in [0.29, 0.717) is 13.1 Å². The van der Waals surface area contributed by atoms with Crippen LogP contribution in [0.3, 0.4) is 0 Å². The summed E-state index contributed by atoms with van der Waals surface area (Å²) < 4.78 is 23.8. The first-order valence-corrected chi connectivity index (χ1v) is 6.36. The Morgan fingerprint density at radius 2 is 1.62 bits per heavy atom. The van der Waals surface area contributed by atoms with Gasteiger partial charge < -0.3 is 0 Å². The van der Waals surface area contributed by atoms with E-state index in [9.17, 15) is 8.42 Å². The molecule has 0 aromatic heterocycles. The maximum absolute atomic E-state index is 11.2. The molecule has 0 bridgehead atoms. The van der Waals surface area contributed by atoms with Crippen molar-refractivity contribution in [2.24, 2.45) is 10.8 Å². The average Bonchev–Trinajstić information content (AvgIpc) is 1.75. The van der Waals surface area contributed by atoms with E-state index in [1.165, 1.54) is 10.6 Å². The summed E-state index contributed by atoms with van der Waals surface area (Å²) in [5.41, 5.74) is 0.310. The molecule has 0 atom stereocenters. The van der Waals surface area contributed by atoms with Crippen molar-refractivity contribution in [3.05, 3.63) is 0 Å². The van der Waals surface area contributed by atoms with Gasteiger partial charge in [-0.2, -0.15) is 0 Å². The lowest BCUT2D eigenvalue weighted by atomic mass is 9.64. The van der Waals surface area contributed by atoms with Crippen molar-refractivity contribution in [2.75, 3.05) is 19.3 Å². The van der Waals surface area contributed by atoms with Gasteiger partial charge in [0.15, 0.2) is 0 Å². The molecule has 1 aliphatic rings. The van der Waals surface area contributed by atoms with Gasteiger partial charge in [-0.05, 0) is 10.8 Å². The molecule has 0 saturated carbocycles. The van der Waals surface area contributed by atoms with Crippen LogP contribution in [-0.2, 0) is 10.0 Å². The van der Waals surface area contributed by atoms with Crippen molar-refractivity contribution in [1.29, 1.82) is 0 Å². The second-order valence-electron chi connectivity index (χ2n) is 5.34. The van der Waals surface area contributed by atoms with Gasteiger partial charge in [0.1, 0.15) is 0 Å². The molecular formula is C9H19NO2S. The molecule has 0 aliphatic carbocycles. The molecule has 0 aromatic carbocycles. The molecular weight excluding hydrogens is 186 g/mol. The van der Waals surface area contributed by atoms with Crippen molar-refractivity contribution >= 4 is 10.0 Å². The van der Waals surface area contributed by atoms with E-state index >= 15 is 0 Å². The van der Waals surface area contributed by atoms with Crippen LogP contribution in [0.1, 0.15) is 27.7 Å². The number of hydrogen-bond donors (Lipinski definition) is 0. The molecule has 1 heterocycles. The van der Waals surface area contributed by atoms with E-state index in [4.69, 9.17) is 0 Å². The van der Waals surface area contributed by atoms with Gasteiger partial charge in [-0.15, -0.1) is 0 Å². The average molecular weight is 205 g/mol. The molecule has 13 heavy (non-hydrogen) atoms. The van der Waals surface area contributed by atoms with Crippen LogP contribution in [0.5, 0.6) is 0 Å². The Morgan fingerprint density at radius 1 is 1.23 bits per heavy atom. The third-order valence-corrected chi connectivity index (χ3v) is 4.53. The molecule has 1 rings (SSSR count). The SMILES string of the molecule is CC(C)(C)C1(C)CN(S(C)(=O)=O)C1. The van der Waals surface area contributed by atoms with E-state index < -0.39 is 10.0 Å². The lowest BCUT2D eigenvalue weighted by Gasteiger charge is -2.54. The Bertz CT molecular complexity index is 294. The number of rotatable bonds is 1. The van der Waals surface area contributed by atoms with Crippen LogP contribution in [0, 0.1) is 10.8 Å². The molecule has 0 radical (unpaired) electrons. The third kappa shape index (κ3) is 1.89. The zero-order valence-corrected chi connectivity index (χ0v) is 9.90. The fourth-order valence-corrected chi connectivity index (χ4v) is 2.48. The van der Waals surface area contributed by atoms with E-state index in [2.05, 4.69) is 27.7 Å². The van der Waals surface area contributed by atoms with Gasteiger partial charge in [-0.25, -0.2) is 12.7 Å². The quantitative estimate of drug-likeness (QED) is 0.647. The Kier molecular flexibility index (Phi) is 2.28. The van der Waals surface area contributed by atoms with E-state index in [0.717, 1.165) is 0 Å². The zero-order valence-electron chi connectivity index (χ0n) is 9.09. The second-order valence-corrected chi connectivity index (χ2v) is 7.32. The van der Waals surface area contributed by atoms with Crippen LogP contribution in [-0.4, -0.2) is 32.1 Å². The molecule has 0 aromatic rings. The fraction of sp³-hybridized carbons (Fsp3) is 1.00. The maximum atomic E-state index is 11.2. The monoisotopic (exact) mass is 205 g/mol. The van der Waals surface area contributed by atoms with Crippen LogP contribution in [0.15, 0.2) is 0 Å². The minimum absolute atomic E-state index is 0.135. The Morgan fingerprint density at radius 3 is 1.85 bits per heavy atom. The molecule has 0 spiro atoms. The van der Waals surface area contributed by atoms with Crippen molar-refractivity contribution in [3.63, 3.8) is 0 Å². The summed E-state index contributed by atoms with van der Waals surface area (Å²) in [5.74, 6) is 0. The molecule has 0 amide bonds. The van der Waals surface area contributed by atoms with Crippen LogP contribution in [0.2, 0.25) is 0 Å². The lowest BCUT2D eigenvalue weighted by molar-refractivity contribution is -0.0171. The maximum Gasteiger partial charge on any atom is 0.211 e. The summed E-state index contributed by atoms with van der Waals surface area (Å²) in [6, 6.07) is 0. The number of hydrogen-bond acceptors (Lipinski definition) is 2. The number of sulfonamides is 1. The summed E-state index contributed by atoms with van der Waals surface area (Å²) in [6.45, 7) is 9.95. The van der Waals surface area contributed by atoms with Crippen LogP contribution >= 0.6 is 0 Å². The van der Waals surface area contributed by atoms with Gasteiger partial charge in [-0.1, -0.05) is 27.7 Å². The normalized spacial score (nSPS) is 24.1. The van der Waals surface area contributed by atoms with E-state index in [-0.39, 0.29) is 10.8 Å². The Labute approximate surface area is 81.2 Å². The van der Waals surface area contributed by atoms with Gasteiger partial charge in [0.05, 0.1) is 6.26 Å². The first-order chi connectivity index (χ1) is 5.56. The summed E-state index contributed by atoms with van der Waals surface area (Å²) in [5, 5.41) is 0. The molecule has 1 saturated heterocycles. The molecule has 0 N–H and O–H groups in total. The molecule has 1 fully saturated rings. The summed E-state index contributed by atoms with van der Waals surface area (Å²) in [7, 11) is -2.96. The molecule has 4 heteroatoms. The highest BCUT2D eigenvalue weighted by atomic mass is 32.2. The second kappa shape index (κ2) is 2.70. The Balaban J connectivity index is 2.69. The minimum atomic E-state index is -2.96. The predicted molar refractivity (Wildman–Crippen MR) is 54.0 cm³/mol. The van der Waals surface area contributed by atoms with E-state index in [1.807, 2.05) is 0 Å². The first kappa shape index (κ1) is 11.0. The molecule has 1 aliphatic heterocycles.